The fourth-order valence-electron chi connectivity index (χ4n) is 1.28. The molecule has 4 heteroatoms. The summed E-state index contributed by atoms with van der Waals surface area (Å²) in [7, 11) is 0. The largest absolute Gasteiger partial charge is 0.396 e. The van der Waals surface area contributed by atoms with Gasteiger partial charge in [-0.1, -0.05) is 0 Å². The number of aliphatic hydroxyl groups excluding tert-OH is 1. The zero-order valence-corrected chi connectivity index (χ0v) is 7.29. The summed E-state index contributed by atoms with van der Waals surface area (Å²) in [6, 6.07) is 0. The zero-order chi connectivity index (χ0) is 8.86. The van der Waals surface area contributed by atoms with Gasteiger partial charge in [-0.05, 0) is 6.42 Å². The Morgan fingerprint density at radius 3 is 2.92 bits per heavy atom. The van der Waals surface area contributed by atoms with Gasteiger partial charge in [-0.2, -0.15) is 0 Å². The van der Waals surface area contributed by atoms with Gasteiger partial charge in [0, 0.05) is 32.8 Å². The maximum Gasteiger partial charge on any atom is 0.106 e. The van der Waals surface area contributed by atoms with E-state index in [1.165, 1.54) is 0 Å². The first kappa shape index (κ1) is 9.92. The molecule has 0 saturated carbocycles. The maximum absolute atomic E-state index is 8.55. The monoisotopic (exact) mass is 175 g/mol. The number of rotatable bonds is 5. The summed E-state index contributed by atoms with van der Waals surface area (Å²) in [4.78, 5) is 0. The van der Waals surface area contributed by atoms with Crippen LogP contribution in [-0.2, 0) is 9.47 Å². The van der Waals surface area contributed by atoms with E-state index in [0.717, 1.165) is 13.0 Å². The third kappa shape index (κ3) is 2.42. The molecule has 0 aromatic rings. The summed E-state index contributed by atoms with van der Waals surface area (Å²) in [5, 5.41) is 8.55. The average molecular weight is 175 g/mol. The highest BCUT2D eigenvalue weighted by Crippen LogP contribution is 2.21. The van der Waals surface area contributed by atoms with Crippen LogP contribution in [0.15, 0.2) is 0 Å². The van der Waals surface area contributed by atoms with E-state index in [1.807, 2.05) is 0 Å². The molecule has 1 aliphatic rings. The maximum atomic E-state index is 8.55. The number of nitrogens with two attached hydrogens (primary N) is 1. The predicted molar refractivity (Wildman–Crippen MR) is 44.9 cm³/mol. The standard InChI is InChI=1S/C8H17NO3/c9-6-8(2-5-11-7-8)12-4-1-3-10/h10H,1-7,9H2. The SMILES string of the molecule is NCC1(OCCCO)CCOC1. The molecule has 4 nitrogen and oxygen atoms in total. The van der Waals surface area contributed by atoms with Gasteiger partial charge in [0.25, 0.3) is 0 Å². The van der Waals surface area contributed by atoms with Crippen molar-refractivity contribution in [3.05, 3.63) is 0 Å². The van der Waals surface area contributed by atoms with Crippen molar-refractivity contribution >= 4 is 0 Å². The first-order valence-corrected chi connectivity index (χ1v) is 4.36. The van der Waals surface area contributed by atoms with Crippen molar-refractivity contribution in [1.82, 2.24) is 0 Å². The molecule has 0 aliphatic carbocycles. The second-order valence-corrected chi connectivity index (χ2v) is 3.12. The minimum Gasteiger partial charge on any atom is -0.396 e. The van der Waals surface area contributed by atoms with Gasteiger partial charge in [0.2, 0.25) is 0 Å². The van der Waals surface area contributed by atoms with Crippen molar-refractivity contribution in [2.45, 2.75) is 18.4 Å². The Morgan fingerprint density at radius 1 is 1.58 bits per heavy atom. The lowest BCUT2D eigenvalue weighted by Gasteiger charge is -2.25. The molecule has 0 aromatic carbocycles. The lowest BCUT2D eigenvalue weighted by Crippen LogP contribution is -2.41. The summed E-state index contributed by atoms with van der Waals surface area (Å²) in [5.74, 6) is 0. The third-order valence-corrected chi connectivity index (χ3v) is 2.15. The molecule has 0 radical (unpaired) electrons. The van der Waals surface area contributed by atoms with E-state index in [2.05, 4.69) is 0 Å². The summed E-state index contributed by atoms with van der Waals surface area (Å²) >= 11 is 0. The van der Waals surface area contributed by atoms with Crippen LogP contribution in [-0.4, -0.2) is 43.7 Å². The van der Waals surface area contributed by atoms with Crippen molar-refractivity contribution in [2.75, 3.05) is 33.0 Å². The first-order chi connectivity index (χ1) is 5.83. The van der Waals surface area contributed by atoms with Gasteiger partial charge in [0.05, 0.1) is 6.61 Å². The molecule has 3 N–H and O–H groups in total. The summed E-state index contributed by atoms with van der Waals surface area (Å²) in [5.41, 5.74) is 5.31. The molecule has 1 aliphatic heterocycles. The second kappa shape index (κ2) is 4.77. The fourth-order valence-corrected chi connectivity index (χ4v) is 1.28. The van der Waals surface area contributed by atoms with E-state index in [4.69, 9.17) is 20.3 Å². The molecule has 1 atom stereocenters. The normalized spacial score (nSPS) is 29.5. The molecular weight excluding hydrogens is 158 g/mol. The van der Waals surface area contributed by atoms with Gasteiger partial charge in [0.1, 0.15) is 5.60 Å². The Morgan fingerprint density at radius 2 is 2.42 bits per heavy atom. The number of hydrogen-bond donors (Lipinski definition) is 2. The summed E-state index contributed by atoms with van der Waals surface area (Å²) < 4.78 is 10.8. The topological polar surface area (TPSA) is 64.7 Å². The highest BCUT2D eigenvalue weighted by Gasteiger charge is 2.34. The van der Waals surface area contributed by atoms with Crippen molar-refractivity contribution in [1.29, 1.82) is 0 Å². The highest BCUT2D eigenvalue weighted by atomic mass is 16.6. The number of aliphatic hydroxyl groups is 1. The molecule has 12 heavy (non-hydrogen) atoms. The van der Waals surface area contributed by atoms with E-state index in [9.17, 15) is 0 Å². The molecule has 1 saturated heterocycles. The number of hydrogen-bond acceptors (Lipinski definition) is 4. The molecule has 0 aromatic heterocycles. The third-order valence-electron chi connectivity index (χ3n) is 2.15. The Kier molecular flexibility index (Phi) is 3.94. The zero-order valence-electron chi connectivity index (χ0n) is 7.29. The average Bonchev–Trinajstić information content (AvgIpc) is 2.55. The Hall–Kier alpha value is -0.160. The van der Waals surface area contributed by atoms with Crippen LogP contribution in [0.25, 0.3) is 0 Å². The quantitative estimate of drug-likeness (QED) is 0.553. The minimum atomic E-state index is -0.269. The van der Waals surface area contributed by atoms with Gasteiger partial charge in [-0.3, -0.25) is 0 Å². The minimum absolute atomic E-state index is 0.168. The van der Waals surface area contributed by atoms with Crippen molar-refractivity contribution < 1.29 is 14.6 Å². The molecule has 1 heterocycles. The molecule has 1 unspecified atom stereocenters. The van der Waals surface area contributed by atoms with E-state index in [-0.39, 0.29) is 12.2 Å². The lowest BCUT2D eigenvalue weighted by molar-refractivity contribution is -0.0465. The predicted octanol–water partition coefficient (Wildman–Crippen LogP) is -0.497. The smallest absolute Gasteiger partial charge is 0.106 e. The summed E-state index contributed by atoms with van der Waals surface area (Å²) in [6.07, 6.45) is 1.54. The second-order valence-electron chi connectivity index (χ2n) is 3.12. The van der Waals surface area contributed by atoms with Crippen LogP contribution in [0, 0.1) is 0 Å². The molecule has 0 spiro atoms. The Labute approximate surface area is 72.6 Å². The van der Waals surface area contributed by atoms with Crippen LogP contribution in [0.3, 0.4) is 0 Å². The van der Waals surface area contributed by atoms with Crippen LogP contribution < -0.4 is 5.73 Å². The van der Waals surface area contributed by atoms with E-state index in [0.29, 0.717) is 26.2 Å². The van der Waals surface area contributed by atoms with Crippen LogP contribution in [0.1, 0.15) is 12.8 Å². The molecule has 72 valence electrons. The molecular formula is C8H17NO3. The molecule has 0 amide bonds. The van der Waals surface area contributed by atoms with E-state index >= 15 is 0 Å². The van der Waals surface area contributed by atoms with Crippen molar-refractivity contribution in [2.24, 2.45) is 5.73 Å². The van der Waals surface area contributed by atoms with E-state index in [1.54, 1.807) is 0 Å². The highest BCUT2D eigenvalue weighted by molar-refractivity contribution is 4.85. The van der Waals surface area contributed by atoms with Gasteiger partial charge in [0.15, 0.2) is 0 Å². The van der Waals surface area contributed by atoms with Gasteiger partial charge >= 0.3 is 0 Å². The lowest BCUT2D eigenvalue weighted by atomic mass is 10.0. The van der Waals surface area contributed by atoms with Crippen molar-refractivity contribution in [3.8, 4) is 0 Å². The first-order valence-electron chi connectivity index (χ1n) is 4.36. The molecule has 0 bridgehead atoms. The van der Waals surface area contributed by atoms with Crippen LogP contribution in [0.5, 0.6) is 0 Å². The van der Waals surface area contributed by atoms with Crippen LogP contribution >= 0.6 is 0 Å². The van der Waals surface area contributed by atoms with Gasteiger partial charge in [-0.25, -0.2) is 0 Å². The molecule has 1 fully saturated rings. The number of ether oxygens (including phenoxy) is 2. The van der Waals surface area contributed by atoms with Gasteiger partial charge < -0.3 is 20.3 Å². The van der Waals surface area contributed by atoms with Gasteiger partial charge in [-0.15, -0.1) is 0 Å². The summed E-state index contributed by atoms with van der Waals surface area (Å²) in [6.45, 7) is 2.56. The Balaban J connectivity index is 2.24. The van der Waals surface area contributed by atoms with Crippen molar-refractivity contribution in [3.63, 3.8) is 0 Å². The van der Waals surface area contributed by atoms with E-state index < -0.39 is 0 Å². The van der Waals surface area contributed by atoms with Crippen LogP contribution in [0.4, 0.5) is 0 Å². The van der Waals surface area contributed by atoms with Crippen LogP contribution in [0.2, 0.25) is 0 Å². The Bertz CT molecular complexity index is 123. The molecule has 1 rings (SSSR count). The fraction of sp³-hybridized carbons (Fsp3) is 1.00.